The minimum atomic E-state index is 0. The van der Waals surface area contributed by atoms with E-state index in [1.54, 1.807) is 0 Å². The minimum absolute atomic E-state index is 0. The van der Waals surface area contributed by atoms with E-state index in [-0.39, 0.29) is 24.8 Å². The molecule has 0 fully saturated rings. The summed E-state index contributed by atoms with van der Waals surface area (Å²) in [5.74, 6) is 0. The van der Waals surface area contributed by atoms with E-state index in [4.69, 9.17) is 0 Å². The fraction of sp³-hybridized carbons (Fsp3) is 0.333. The molecule has 0 spiro atoms. The first-order valence-electron chi connectivity index (χ1n) is 17.3. The predicted molar refractivity (Wildman–Crippen MR) is 208 cm³/mol. The first-order valence-corrected chi connectivity index (χ1v) is 17.3. The molecule has 2 aliphatic carbocycles. The van der Waals surface area contributed by atoms with Gasteiger partial charge in [-0.05, 0) is 113 Å². The van der Waals surface area contributed by atoms with Gasteiger partial charge in [-0.25, -0.2) is 0 Å². The molecule has 4 N–H and O–H groups in total. The Kier molecular flexibility index (Phi) is 11.8. The third-order valence-corrected chi connectivity index (χ3v) is 10.2. The summed E-state index contributed by atoms with van der Waals surface area (Å²) in [5.41, 5.74) is 13.8. The molecule has 6 heteroatoms. The molecule has 0 radical (unpaired) electrons. The predicted octanol–water partition coefficient (Wildman–Crippen LogP) is 11.3. The summed E-state index contributed by atoms with van der Waals surface area (Å²) in [6.07, 6.45) is 7.31. The Balaban J connectivity index is 0.000000180. The molecule has 0 saturated carbocycles. The third-order valence-electron chi connectivity index (χ3n) is 10.2. The third kappa shape index (κ3) is 7.53. The van der Waals surface area contributed by atoms with Crippen molar-refractivity contribution < 1.29 is 0 Å². The first-order chi connectivity index (χ1) is 22.4. The molecule has 4 atom stereocenters. The van der Waals surface area contributed by atoms with Gasteiger partial charge in [-0.3, -0.25) is 0 Å². The number of aromatic nitrogens is 2. The number of benzene rings is 4. The quantitative estimate of drug-likeness (QED) is 0.141. The number of fused-ring (bicyclic) bond motifs is 6. The van der Waals surface area contributed by atoms with E-state index in [0.29, 0.717) is 24.2 Å². The Bertz CT molecular complexity index is 1790. The SMILES string of the molecule is Cc1ccc2[nH]c3c(c2c1)CCC[C@H]3N[C@@H](C)c1ccccc1.Cc1ccc2[nH]c3c(c2c1)CCC[C@H]3N[C@H](C)c1ccccc1.Cl.Cl. The van der Waals surface area contributed by atoms with Crippen LogP contribution in [0.4, 0.5) is 0 Å². The Morgan fingerprint density at radius 3 is 1.35 bits per heavy atom. The molecule has 0 bridgehead atoms. The zero-order valence-corrected chi connectivity index (χ0v) is 30.2. The Hall–Kier alpha value is -3.54. The maximum atomic E-state index is 3.84. The van der Waals surface area contributed by atoms with Crippen LogP contribution >= 0.6 is 24.8 Å². The van der Waals surface area contributed by atoms with Crippen molar-refractivity contribution >= 4 is 46.6 Å². The van der Waals surface area contributed by atoms with E-state index in [9.17, 15) is 0 Å². The largest absolute Gasteiger partial charge is 0.357 e. The van der Waals surface area contributed by atoms with Crippen molar-refractivity contribution in [3.8, 4) is 0 Å². The van der Waals surface area contributed by atoms with E-state index < -0.39 is 0 Å². The van der Waals surface area contributed by atoms with Crippen LogP contribution < -0.4 is 10.6 Å². The van der Waals surface area contributed by atoms with E-state index in [1.165, 1.54) is 105 Å². The van der Waals surface area contributed by atoms with Crippen molar-refractivity contribution in [2.24, 2.45) is 0 Å². The highest BCUT2D eigenvalue weighted by molar-refractivity contribution is 5.87. The molecule has 4 aromatic carbocycles. The smallest absolute Gasteiger partial charge is 0.0480 e. The van der Waals surface area contributed by atoms with E-state index >= 15 is 0 Å². The van der Waals surface area contributed by atoms with Crippen LogP contribution in [-0.2, 0) is 12.8 Å². The number of halogens is 2. The molecule has 4 nitrogen and oxygen atoms in total. The molecule has 0 unspecified atom stereocenters. The molecular formula is C42H50Cl2N4. The molecule has 0 aliphatic heterocycles. The number of nitrogens with one attached hydrogen (secondary N) is 4. The summed E-state index contributed by atoms with van der Waals surface area (Å²) < 4.78 is 0. The molecule has 2 aliphatic rings. The van der Waals surface area contributed by atoms with Crippen molar-refractivity contribution in [2.75, 3.05) is 0 Å². The van der Waals surface area contributed by atoms with E-state index in [0.717, 1.165) is 0 Å². The second-order valence-corrected chi connectivity index (χ2v) is 13.6. The zero-order chi connectivity index (χ0) is 31.6. The van der Waals surface area contributed by atoms with Gasteiger partial charge in [-0.15, -0.1) is 24.8 Å². The number of H-pyrrole nitrogens is 2. The second kappa shape index (κ2) is 15.8. The lowest BCUT2D eigenvalue weighted by molar-refractivity contribution is 0.410. The highest BCUT2D eigenvalue weighted by atomic mass is 35.5. The van der Waals surface area contributed by atoms with Crippen LogP contribution in [0.25, 0.3) is 21.8 Å². The number of aromatic amines is 2. The number of rotatable bonds is 6. The summed E-state index contributed by atoms with van der Waals surface area (Å²) >= 11 is 0. The molecular weight excluding hydrogens is 631 g/mol. The summed E-state index contributed by atoms with van der Waals surface area (Å²) in [7, 11) is 0. The number of hydrogen-bond donors (Lipinski definition) is 4. The van der Waals surface area contributed by atoms with Gasteiger partial charge in [0.25, 0.3) is 0 Å². The van der Waals surface area contributed by atoms with Gasteiger partial charge in [0.2, 0.25) is 0 Å². The average molecular weight is 682 g/mol. The van der Waals surface area contributed by atoms with Gasteiger partial charge in [0, 0.05) is 57.4 Å². The molecule has 252 valence electrons. The van der Waals surface area contributed by atoms with Crippen LogP contribution in [0.3, 0.4) is 0 Å². The summed E-state index contributed by atoms with van der Waals surface area (Å²) in [5, 5.41) is 10.5. The van der Waals surface area contributed by atoms with Gasteiger partial charge in [0.05, 0.1) is 0 Å². The fourth-order valence-corrected chi connectivity index (χ4v) is 7.77. The maximum Gasteiger partial charge on any atom is 0.0480 e. The average Bonchev–Trinajstić information content (AvgIpc) is 3.65. The minimum Gasteiger partial charge on any atom is -0.357 e. The first kappa shape index (κ1) is 35.8. The molecule has 0 amide bonds. The highest BCUT2D eigenvalue weighted by Crippen LogP contribution is 2.37. The van der Waals surface area contributed by atoms with Crippen molar-refractivity contribution in [1.82, 2.24) is 20.6 Å². The summed E-state index contributed by atoms with van der Waals surface area (Å²) in [6, 6.07) is 36.5. The maximum absolute atomic E-state index is 3.84. The summed E-state index contributed by atoms with van der Waals surface area (Å²) in [6.45, 7) is 8.87. The molecule has 2 aromatic heterocycles. The lowest BCUT2D eigenvalue weighted by atomic mass is 9.90. The highest BCUT2D eigenvalue weighted by Gasteiger charge is 2.27. The van der Waals surface area contributed by atoms with Gasteiger partial charge in [-0.1, -0.05) is 83.9 Å². The van der Waals surface area contributed by atoms with Crippen molar-refractivity contribution in [1.29, 1.82) is 0 Å². The van der Waals surface area contributed by atoms with E-state index in [2.05, 4.69) is 145 Å². The van der Waals surface area contributed by atoms with Crippen LogP contribution in [0.5, 0.6) is 0 Å². The molecule has 8 rings (SSSR count). The Labute approximate surface area is 298 Å². The van der Waals surface area contributed by atoms with Crippen LogP contribution in [-0.4, -0.2) is 9.97 Å². The van der Waals surface area contributed by atoms with Crippen molar-refractivity contribution in [3.63, 3.8) is 0 Å². The lowest BCUT2D eigenvalue weighted by Crippen LogP contribution is -2.27. The van der Waals surface area contributed by atoms with E-state index in [1.807, 2.05) is 0 Å². The fourth-order valence-electron chi connectivity index (χ4n) is 7.77. The van der Waals surface area contributed by atoms with Crippen LogP contribution in [0.15, 0.2) is 97.1 Å². The van der Waals surface area contributed by atoms with Gasteiger partial charge in [0.15, 0.2) is 0 Å². The van der Waals surface area contributed by atoms with Gasteiger partial charge < -0.3 is 20.6 Å². The molecule has 48 heavy (non-hydrogen) atoms. The van der Waals surface area contributed by atoms with Crippen LogP contribution in [0.1, 0.15) is 108 Å². The zero-order valence-electron chi connectivity index (χ0n) is 28.6. The molecule has 6 aromatic rings. The monoisotopic (exact) mass is 680 g/mol. The van der Waals surface area contributed by atoms with Gasteiger partial charge in [-0.2, -0.15) is 0 Å². The number of aryl methyl sites for hydroxylation is 4. The van der Waals surface area contributed by atoms with Crippen LogP contribution in [0.2, 0.25) is 0 Å². The van der Waals surface area contributed by atoms with Gasteiger partial charge >= 0.3 is 0 Å². The van der Waals surface area contributed by atoms with Crippen molar-refractivity contribution in [2.45, 2.75) is 90.4 Å². The van der Waals surface area contributed by atoms with Crippen LogP contribution in [0, 0.1) is 13.8 Å². The Morgan fingerprint density at radius 2 is 0.958 bits per heavy atom. The van der Waals surface area contributed by atoms with Gasteiger partial charge in [0.1, 0.15) is 0 Å². The molecule has 0 saturated heterocycles. The lowest BCUT2D eigenvalue weighted by Gasteiger charge is -2.27. The summed E-state index contributed by atoms with van der Waals surface area (Å²) in [4.78, 5) is 7.38. The second-order valence-electron chi connectivity index (χ2n) is 13.6. The topological polar surface area (TPSA) is 55.6 Å². The van der Waals surface area contributed by atoms with Crippen molar-refractivity contribution in [3.05, 3.63) is 142 Å². The normalized spacial score (nSPS) is 18.0. The molecule has 2 heterocycles. The standard InChI is InChI=1S/2C21H24N2.2ClH/c2*1-14-11-12-19-18(13-14)17-9-6-10-20(21(17)23-19)22-15(2)16-7-4-3-5-8-16;;/h2*3-5,7-8,11-13,15,20,22-23H,6,9-10H2,1-2H3;2*1H/t15-,20+;15-,20-;;/m01../s1. The number of hydrogen-bond acceptors (Lipinski definition) is 2. The Morgan fingerprint density at radius 1 is 0.562 bits per heavy atom.